The third kappa shape index (κ3) is 13.9. The number of ketones is 1. The van der Waals surface area contributed by atoms with E-state index < -0.39 is 0 Å². The SMILES string of the molecule is CCC[CH2][Sn][CH2]CCC.O=C1C=CC=CC1=CN[N-]C(=[SH+])SCc1ccccc1. The average Bonchev–Trinajstić information content (AvgIpc) is 2.75. The first-order valence-corrected chi connectivity index (χ1v) is 15.6. The van der Waals surface area contributed by atoms with Crippen LogP contribution in [0.2, 0.25) is 8.87 Å². The fraction of sp³-hybridized carbons (Fsp3) is 0.391. The van der Waals surface area contributed by atoms with Crippen molar-refractivity contribution in [3.63, 3.8) is 0 Å². The van der Waals surface area contributed by atoms with Gasteiger partial charge in [-0.1, -0.05) is 54.2 Å². The zero-order valence-corrected chi connectivity index (χ0v) is 22.0. The van der Waals surface area contributed by atoms with Crippen LogP contribution in [-0.4, -0.2) is 31.2 Å². The van der Waals surface area contributed by atoms with E-state index in [9.17, 15) is 4.79 Å². The minimum absolute atomic E-state index is 0.0344. The van der Waals surface area contributed by atoms with Crippen molar-refractivity contribution in [2.24, 2.45) is 0 Å². The van der Waals surface area contributed by atoms with Crippen LogP contribution >= 0.6 is 11.8 Å². The molecule has 2 rings (SSSR count). The van der Waals surface area contributed by atoms with Crippen LogP contribution in [0.3, 0.4) is 0 Å². The molecule has 3 nitrogen and oxygen atoms in total. The van der Waals surface area contributed by atoms with Gasteiger partial charge in [0, 0.05) is 11.3 Å². The molecule has 0 atom stereocenters. The van der Waals surface area contributed by atoms with Crippen LogP contribution in [0.1, 0.15) is 45.1 Å². The second-order valence-corrected chi connectivity index (χ2v) is 12.4. The van der Waals surface area contributed by atoms with E-state index in [4.69, 9.17) is 0 Å². The smallest absolute Gasteiger partial charge is 0.187 e. The molecule has 0 bridgehead atoms. The molecule has 156 valence electrons. The molecule has 1 aliphatic carbocycles. The van der Waals surface area contributed by atoms with Crippen LogP contribution in [0.25, 0.3) is 5.43 Å². The summed E-state index contributed by atoms with van der Waals surface area (Å²) in [4.78, 5) is 11.5. The Bertz CT molecular complexity index is 681. The minimum Gasteiger partial charge on any atom is -0.485 e. The predicted octanol–water partition coefficient (Wildman–Crippen LogP) is 5.87. The first-order valence-electron chi connectivity index (χ1n) is 10.2. The third-order valence-electron chi connectivity index (χ3n) is 3.92. The number of thiol groups is 1. The summed E-state index contributed by atoms with van der Waals surface area (Å²) in [5.74, 6) is 0.774. The van der Waals surface area contributed by atoms with Crippen molar-refractivity contribution in [2.75, 3.05) is 0 Å². The fourth-order valence-corrected chi connectivity index (χ4v) is 7.26. The molecule has 0 fully saturated rings. The average molecular weight is 535 g/mol. The van der Waals surface area contributed by atoms with Gasteiger partial charge >= 0.3 is 69.5 Å². The summed E-state index contributed by atoms with van der Waals surface area (Å²) in [7, 11) is 0. The number of benzene rings is 1. The van der Waals surface area contributed by atoms with E-state index in [0.717, 1.165) is 5.75 Å². The molecule has 0 unspecified atom stereocenters. The summed E-state index contributed by atoms with van der Waals surface area (Å²) in [5.41, 5.74) is 8.61. The molecule has 0 aliphatic heterocycles. The van der Waals surface area contributed by atoms with Crippen molar-refractivity contribution >= 4 is 55.2 Å². The van der Waals surface area contributed by atoms with Crippen LogP contribution in [0.5, 0.6) is 0 Å². The van der Waals surface area contributed by atoms with E-state index in [-0.39, 0.29) is 26.9 Å². The van der Waals surface area contributed by atoms with Gasteiger partial charge in [-0.15, -0.1) is 0 Å². The normalized spacial score (nSPS) is 13.9. The zero-order valence-electron chi connectivity index (χ0n) is 17.4. The molecule has 1 N–H and O–H groups in total. The maximum absolute atomic E-state index is 11.5. The molecule has 6 heteroatoms. The standard InChI is InChI=1S/C15H14N2OS2.2C4H9.Sn/c18-14-9-5-4-8-13(14)10-16-17-15(19)20-11-12-6-2-1-3-7-12;2*1-3-4-2;/h1-10H,11H2,(H2,16,17,18,19);2*1,3-4H2,2H3;. The van der Waals surface area contributed by atoms with Gasteiger partial charge in [0.25, 0.3) is 0 Å². The van der Waals surface area contributed by atoms with Crippen LogP contribution in [0.4, 0.5) is 0 Å². The van der Waals surface area contributed by atoms with Crippen LogP contribution in [0, 0.1) is 0 Å². The summed E-state index contributed by atoms with van der Waals surface area (Å²) in [6.45, 7) is 4.58. The molecule has 1 aliphatic rings. The number of nitrogens with one attached hydrogen (secondary N) is 1. The number of hydrogen-bond acceptors (Lipinski definition) is 3. The molecule has 0 saturated carbocycles. The van der Waals surface area contributed by atoms with E-state index in [2.05, 4.69) is 49.0 Å². The summed E-state index contributed by atoms with van der Waals surface area (Å²) in [6.07, 6.45) is 14.2. The molecule has 0 heterocycles. The number of carbonyl (C=O) groups excluding carboxylic acids is 1. The van der Waals surface area contributed by atoms with Gasteiger partial charge in [0.1, 0.15) is 12.2 Å². The van der Waals surface area contributed by atoms with E-state index in [0.29, 0.717) is 9.89 Å². The van der Waals surface area contributed by atoms with Gasteiger partial charge in [0.2, 0.25) is 0 Å². The van der Waals surface area contributed by atoms with Crippen molar-refractivity contribution in [3.8, 4) is 0 Å². The Morgan fingerprint density at radius 1 is 1.10 bits per heavy atom. The van der Waals surface area contributed by atoms with Gasteiger partial charge in [-0.25, -0.2) is 0 Å². The van der Waals surface area contributed by atoms with Crippen molar-refractivity contribution < 1.29 is 4.79 Å². The van der Waals surface area contributed by atoms with E-state index in [1.165, 1.54) is 49.1 Å². The Hall–Kier alpha value is -0.891. The summed E-state index contributed by atoms with van der Waals surface area (Å²) in [5, 5.41) is 0. The van der Waals surface area contributed by atoms with Crippen LogP contribution in [-0.2, 0) is 22.8 Å². The van der Waals surface area contributed by atoms with Gasteiger partial charge in [-0.3, -0.25) is 4.79 Å². The molecular formula is C23H32N2OS2Sn. The summed E-state index contributed by atoms with van der Waals surface area (Å²) < 4.78 is 3.87. The second-order valence-electron chi connectivity index (χ2n) is 6.44. The molecule has 29 heavy (non-hydrogen) atoms. The quantitative estimate of drug-likeness (QED) is 0.0776. The molecule has 0 aromatic heterocycles. The number of unbranched alkanes of at least 4 members (excludes halogenated alkanes) is 2. The largest absolute Gasteiger partial charge is 0.485 e. The van der Waals surface area contributed by atoms with E-state index in [1.54, 1.807) is 27.2 Å². The Kier molecular flexibility index (Phi) is 16.2. The van der Waals surface area contributed by atoms with Gasteiger partial charge < -0.3 is 10.9 Å². The number of rotatable bonds is 10. The number of carbonyl (C=O) groups is 1. The maximum atomic E-state index is 11.5. The van der Waals surface area contributed by atoms with Gasteiger partial charge in [-0.05, 0) is 23.9 Å². The first kappa shape index (κ1) is 26.1. The van der Waals surface area contributed by atoms with Crippen molar-refractivity contribution in [1.82, 2.24) is 5.43 Å². The molecule has 1 aromatic carbocycles. The molecule has 0 amide bonds. The predicted molar refractivity (Wildman–Crippen MR) is 135 cm³/mol. The van der Waals surface area contributed by atoms with Crippen molar-refractivity contribution in [3.05, 3.63) is 77.4 Å². The van der Waals surface area contributed by atoms with Crippen LogP contribution in [0.15, 0.2) is 66.4 Å². The Labute approximate surface area is 196 Å². The zero-order chi connectivity index (χ0) is 21.2. The minimum atomic E-state index is -0.0344. The number of hydrogen-bond donors (Lipinski definition) is 1. The summed E-state index contributed by atoms with van der Waals surface area (Å²) in [6, 6.07) is 10.1. The van der Waals surface area contributed by atoms with Gasteiger partial charge in [-0.2, -0.15) is 0 Å². The third-order valence-corrected chi connectivity index (χ3v) is 9.27. The fourth-order valence-electron chi connectivity index (χ4n) is 2.24. The molecule has 1 aromatic rings. The Balaban J connectivity index is 0.000000396. The number of nitrogens with zero attached hydrogens (tertiary/aromatic N) is 1. The molecule has 0 spiro atoms. The Morgan fingerprint density at radius 3 is 2.38 bits per heavy atom. The topological polar surface area (TPSA) is 43.2 Å². The van der Waals surface area contributed by atoms with Gasteiger partial charge in [0.05, 0.1) is 0 Å². The van der Waals surface area contributed by atoms with Gasteiger partial charge in [0.15, 0.2) is 10.1 Å². The molecular weight excluding hydrogens is 503 g/mol. The number of thioether (sulfide) groups is 1. The first-order chi connectivity index (χ1) is 14.2. The summed E-state index contributed by atoms with van der Waals surface area (Å²) >= 11 is 5.96. The van der Waals surface area contributed by atoms with Crippen molar-refractivity contribution in [1.29, 1.82) is 0 Å². The van der Waals surface area contributed by atoms with E-state index >= 15 is 0 Å². The second kappa shape index (κ2) is 17.9. The Morgan fingerprint density at radius 2 is 1.76 bits per heavy atom. The van der Waals surface area contributed by atoms with Crippen LogP contribution < -0.4 is 5.43 Å². The van der Waals surface area contributed by atoms with Crippen molar-refractivity contribution in [2.45, 2.75) is 54.2 Å². The monoisotopic (exact) mass is 536 g/mol. The maximum Gasteiger partial charge on any atom is 0.187 e. The molecule has 2 radical (unpaired) electrons. The van der Waals surface area contributed by atoms with E-state index in [1.807, 2.05) is 24.3 Å². The number of allylic oxidation sites excluding steroid dienone is 5. The molecule has 0 saturated heterocycles.